The summed E-state index contributed by atoms with van der Waals surface area (Å²) < 4.78 is 7.05. The van der Waals surface area contributed by atoms with Gasteiger partial charge in [-0.3, -0.25) is 9.69 Å². The first-order valence-corrected chi connectivity index (χ1v) is 13.8. The molecule has 3 rings (SSSR count). The van der Waals surface area contributed by atoms with Gasteiger partial charge in [-0.05, 0) is 28.4 Å². The van der Waals surface area contributed by atoms with Gasteiger partial charge in [0.1, 0.15) is 0 Å². The lowest BCUT2D eigenvalue weighted by Gasteiger charge is -2.44. The van der Waals surface area contributed by atoms with Crippen LogP contribution in [0.4, 0.5) is 0 Å². The molecule has 0 spiro atoms. The van der Waals surface area contributed by atoms with Crippen LogP contribution < -0.4 is 10.4 Å². The summed E-state index contributed by atoms with van der Waals surface area (Å²) in [5.41, 5.74) is 0. The molecule has 0 saturated carbocycles. The van der Waals surface area contributed by atoms with Crippen LogP contribution in [0.2, 0.25) is 5.04 Å². The zero-order valence-corrected chi connectivity index (χ0v) is 22.2. The Morgan fingerprint density at radius 3 is 1.91 bits per heavy atom. The van der Waals surface area contributed by atoms with Gasteiger partial charge in [-0.2, -0.15) is 0 Å². The van der Waals surface area contributed by atoms with Crippen molar-refractivity contribution < 1.29 is 14.3 Å². The second-order valence-corrected chi connectivity index (χ2v) is 15.0. The van der Waals surface area contributed by atoms with Crippen LogP contribution >= 0.6 is 0 Å². The van der Waals surface area contributed by atoms with Gasteiger partial charge in [-0.1, -0.05) is 95.3 Å². The summed E-state index contributed by atoms with van der Waals surface area (Å²) in [6, 6.07) is 20.3. The van der Waals surface area contributed by atoms with E-state index in [9.17, 15) is 9.90 Å². The number of benzene rings is 2. The molecule has 0 bridgehead atoms. The molecule has 0 aliphatic carbocycles. The van der Waals surface area contributed by atoms with E-state index in [1.165, 1.54) is 10.4 Å². The van der Waals surface area contributed by atoms with Gasteiger partial charge in [0, 0.05) is 13.6 Å². The van der Waals surface area contributed by atoms with Crippen LogP contribution in [0.15, 0.2) is 60.7 Å². The largest absolute Gasteiger partial charge is 0.405 e. The summed E-state index contributed by atoms with van der Waals surface area (Å²) in [7, 11) is 0.977. The lowest BCUT2D eigenvalue weighted by atomic mass is 10.0. The van der Waals surface area contributed by atoms with Crippen molar-refractivity contribution in [1.29, 1.82) is 0 Å². The van der Waals surface area contributed by atoms with E-state index in [1.807, 2.05) is 24.1 Å². The van der Waals surface area contributed by atoms with E-state index in [4.69, 9.17) is 4.43 Å². The lowest BCUT2D eigenvalue weighted by molar-refractivity contribution is -0.138. The van der Waals surface area contributed by atoms with Crippen molar-refractivity contribution in [2.45, 2.75) is 57.8 Å². The molecule has 0 unspecified atom stereocenters. The van der Waals surface area contributed by atoms with E-state index in [0.717, 1.165) is 0 Å². The van der Waals surface area contributed by atoms with Gasteiger partial charge in [0.15, 0.2) is 0 Å². The fourth-order valence-electron chi connectivity index (χ4n) is 5.34. The molecule has 0 radical (unpaired) electrons. The van der Waals surface area contributed by atoms with E-state index in [2.05, 4.69) is 83.1 Å². The monoisotopic (exact) mass is 468 g/mol. The smallest absolute Gasteiger partial charge is 0.261 e. The van der Waals surface area contributed by atoms with Crippen LogP contribution in [0.5, 0.6) is 0 Å². The number of aliphatic hydroxyl groups excluding tert-OH is 1. The molecular formula is C27H40N2O3Si. The molecule has 1 N–H and O–H groups in total. The maximum Gasteiger partial charge on any atom is 0.261 e. The maximum atomic E-state index is 13.3. The summed E-state index contributed by atoms with van der Waals surface area (Å²) in [4.78, 5) is 17.0. The van der Waals surface area contributed by atoms with Crippen LogP contribution in [0.25, 0.3) is 0 Å². The van der Waals surface area contributed by atoms with Crippen molar-refractivity contribution in [1.82, 2.24) is 9.80 Å². The van der Waals surface area contributed by atoms with E-state index in [1.54, 1.807) is 11.9 Å². The van der Waals surface area contributed by atoms with E-state index < -0.39 is 20.5 Å². The minimum absolute atomic E-state index is 0.0418. The maximum absolute atomic E-state index is 13.3. The zero-order chi connectivity index (χ0) is 24.4. The Hall–Kier alpha value is -1.99. The molecule has 1 fully saturated rings. The van der Waals surface area contributed by atoms with Gasteiger partial charge in [-0.25, -0.2) is 0 Å². The van der Waals surface area contributed by atoms with Crippen LogP contribution in [-0.4, -0.2) is 74.6 Å². The summed E-state index contributed by atoms with van der Waals surface area (Å²) in [5.74, 6) is 0.202. The van der Waals surface area contributed by atoms with Crippen molar-refractivity contribution in [3.05, 3.63) is 60.7 Å². The third kappa shape index (κ3) is 4.94. The summed E-state index contributed by atoms with van der Waals surface area (Å²) in [6.07, 6.45) is -0.689. The van der Waals surface area contributed by atoms with Gasteiger partial charge in [0.05, 0.1) is 24.8 Å². The number of hydrogen-bond donors (Lipinski definition) is 1. The van der Waals surface area contributed by atoms with Gasteiger partial charge in [0.2, 0.25) is 5.91 Å². The molecule has 2 aromatic rings. The van der Waals surface area contributed by atoms with Crippen LogP contribution in [-0.2, 0) is 9.22 Å². The van der Waals surface area contributed by atoms with Crippen molar-refractivity contribution in [3.8, 4) is 0 Å². The van der Waals surface area contributed by atoms with Crippen molar-refractivity contribution in [2.24, 2.45) is 5.92 Å². The molecule has 2 aromatic carbocycles. The van der Waals surface area contributed by atoms with Gasteiger partial charge >= 0.3 is 0 Å². The fraction of sp³-hybridized carbons (Fsp3) is 0.519. The van der Waals surface area contributed by atoms with E-state index in [0.29, 0.717) is 6.54 Å². The molecule has 1 aliphatic rings. The van der Waals surface area contributed by atoms with E-state index in [-0.39, 0.29) is 29.5 Å². The third-order valence-corrected chi connectivity index (χ3v) is 12.0. The van der Waals surface area contributed by atoms with Gasteiger partial charge in [0.25, 0.3) is 8.32 Å². The molecular weight excluding hydrogens is 428 g/mol. The van der Waals surface area contributed by atoms with E-state index >= 15 is 0 Å². The average molecular weight is 469 g/mol. The molecule has 6 heteroatoms. The van der Waals surface area contributed by atoms with Crippen LogP contribution in [0.1, 0.15) is 34.6 Å². The Morgan fingerprint density at radius 2 is 1.48 bits per heavy atom. The van der Waals surface area contributed by atoms with Crippen LogP contribution in [0.3, 0.4) is 0 Å². The number of likely N-dealkylation sites (N-methyl/N-ethyl adjacent to an activating group) is 2. The Balaban J connectivity index is 2.03. The normalized spacial score (nSPS) is 23.1. The summed E-state index contributed by atoms with van der Waals surface area (Å²) in [5, 5.41) is 13.4. The Morgan fingerprint density at radius 1 is 1.00 bits per heavy atom. The topological polar surface area (TPSA) is 53.0 Å². The standard InChI is InChI=1S/C27H40N2O3Si/c1-20(2)25-26(31)29(7)23(24(30)18-28(25)6)19-32-33(27(3,4)5,21-14-10-8-11-15-21)22-16-12-9-13-17-22/h8-17,20,23-25,30H,18-19H2,1-7H3/t23-,24+,25+/m1/s1. The van der Waals surface area contributed by atoms with Crippen LogP contribution in [0, 0.1) is 5.92 Å². The second kappa shape index (κ2) is 10.1. The quantitative estimate of drug-likeness (QED) is 0.663. The number of carbonyl (C=O) groups excluding carboxylic acids is 1. The molecule has 33 heavy (non-hydrogen) atoms. The SMILES string of the molecule is CC(C)[C@H]1C(=O)N(C)[C@H](CO[Si](c2ccccc2)(c2ccccc2)C(C)(C)C)[C@@H](O)CN1C. The molecule has 1 amide bonds. The van der Waals surface area contributed by atoms with Gasteiger partial charge in [-0.15, -0.1) is 0 Å². The highest BCUT2D eigenvalue weighted by Crippen LogP contribution is 2.37. The summed E-state index contributed by atoms with van der Waals surface area (Å²) in [6.45, 7) is 11.5. The van der Waals surface area contributed by atoms with Crippen molar-refractivity contribution >= 4 is 24.6 Å². The molecule has 3 atom stereocenters. The molecule has 5 nitrogen and oxygen atoms in total. The molecule has 180 valence electrons. The highest BCUT2D eigenvalue weighted by Gasteiger charge is 2.51. The number of rotatable bonds is 6. The predicted octanol–water partition coefficient (Wildman–Crippen LogP) is 2.72. The first kappa shape index (κ1) is 25.6. The van der Waals surface area contributed by atoms with Gasteiger partial charge < -0.3 is 14.4 Å². The fourth-order valence-corrected chi connectivity index (χ4v) is 9.91. The third-order valence-electron chi connectivity index (χ3n) is 7.01. The number of hydrogen-bond acceptors (Lipinski definition) is 4. The molecule has 1 aliphatic heterocycles. The lowest BCUT2D eigenvalue weighted by Crippen LogP contribution is -2.67. The number of nitrogens with zero attached hydrogens (tertiary/aromatic N) is 2. The highest BCUT2D eigenvalue weighted by atomic mass is 28.4. The first-order valence-electron chi connectivity index (χ1n) is 11.9. The molecule has 1 saturated heterocycles. The minimum Gasteiger partial charge on any atom is -0.405 e. The number of amides is 1. The molecule has 1 heterocycles. The predicted molar refractivity (Wildman–Crippen MR) is 137 cm³/mol. The average Bonchev–Trinajstić information content (AvgIpc) is 2.83. The first-order chi connectivity index (χ1) is 15.5. The zero-order valence-electron chi connectivity index (χ0n) is 21.2. The minimum atomic E-state index is -2.75. The Labute approximate surface area is 200 Å². The highest BCUT2D eigenvalue weighted by molar-refractivity contribution is 6.99. The Bertz CT molecular complexity index is 874. The Kier molecular flexibility index (Phi) is 7.84. The number of β-amino-alcohol motifs (C(OH)–C–C–N with tert-alkyl or cyclic N) is 1. The second-order valence-electron chi connectivity index (χ2n) is 10.7. The molecule has 0 aromatic heterocycles. The number of carbonyl (C=O) groups is 1. The number of aliphatic hydroxyl groups is 1. The van der Waals surface area contributed by atoms with Crippen molar-refractivity contribution in [3.63, 3.8) is 0 Å². The van der Waals surface area contributed by atoms with Crippen molar-refractivity contribution in [2.75, 3.05) is 27.2 Å². The summed E-state index contributed by atoms with van der Waals surface area (Å²) >= 11 is 0.